The molecule has 2 nitrogen and oxygen atoms in total. The average molecular weight is 329 g/mol. The van der Waals surface area contributed by atoms with E-state index in [1.807, 2.05) is 0 Å². The number of hydrogen-bond acceptors (Lipinski definition) is 2. The molecule has 0 radical (unpaired) electrons. The van der Waals surface area contributed by atoms with Crippen LogP contribution in [0.1, 0.15) is 24.5 Å². The van der Waals surface area contributed by atoms with Crippen molar-refractivity contribution in [3.05, 3.63) is 35.4 Å². The minimum Gasteiger partial charge on any atom is -0.385 e. The third-order valence-electron chi connectivity index (χ3n) is 3.02. The van der Waals surface area contributed by atoms with Crippen LogP contribution in [-0.2, 0) is 5.60 Å². The summed E-state index contributed by atoms with van der Waals surface area (Å²) >= 11 is 0. The standard InChI is InChI=1S/C13H10F7NO/c1-10(22,9-4-2-8(6-21)3-5-9)7-11(14,15)12(16,17)13(18,19)20/h2-5,22H,7H2,1H3. The van der Waals surface area contributed by atoms with Gasteiger partial charge in [0.1, 0.15) is 0 Å². The topological polar surface area (TPSA) is 44.0 Å². The summed E-state index contributed by atoms with van der Waals surface area (Å²) in [5.74, 6) is -11.8. The molecule has 0 aliphatic carbocycles. The highest BCUT2D eigenvalue weighted by Crippen LogP contribution is 2.50. The first kappa shape index (κ1) is 18.2. The molecule has 0 bridgehead atoms. The molecule has 0 saturated heterocycles. The molecule has 1 aromatic rings. The van der Waals surface area contributed by atoms with E-state index in [2.05, 4.69) is 0 Å². The average Bonchev–Trinajstić information content (AvgIpc) is 2.36. The van der Waals surface area contributed by atoms with Crippen LogP contribution >= 0.6 is 0 Å². The Morgan fingerprint density at radius 2 is 1.45 bits per heavy atom. The number of benzene rings is 1. The monoisotopic (exact) mass is 329 g/mol. The Bertz CT molecular complexity index is 570. The summed E-state index contributed by atoms with van der Waals surface area (Å²) in [6, 6.07) is 5.93. The lowest BCUT2D eigenvalue weighted by molar-refractivity contribution is -0.361. The maximum atomic E-state index is 13.3. The van der Waals surface area contributed by atoms with Crippen molar-refractivity contribution in [3.8, 4) is 6.07 Å². The van der Waals surface area contributed by atoms with Gasteiger partial charge in [0.25, 0.3) is 0 Å². The van der Waals surface area contributed by atoms with E-state index in [0.29, 0.717) is 6.92 Å². The van der Waals surface area contributed by atoms with Crippen molar-refractivity contribution in [2.45, 2.75) is 37.0 Å². The molecule has 1 atom stereocenters. The van der Waals surface area contributed by atoms with Gasteiger partial charge in [0.05, 0.1) is 23.7 Å². The maximum absolute atomic E-state index is 13.3. The Hall–Kier alpha value is -1.82. The van der Waals surface area contributed by atoms with Crippen molar-refractivity contribution in [1.29, 1.82) is 5.26 Å². The molecule has 0 aliphatic rings. The molecule has 0 amide bonds. The summed E-state index contributed by atoms with van der Waals surface area (Å²) in [5, 5.41) is 18.4. The largest absolute Gasteiger partial charge is 0.459 e. The van der Waals surface area contributed by atoms with Crippen molar-refractivity contribution < 1.29 is 35.8 Å². The summed E-state index contributed by atoms with van der Waals surface area (Å²) in [4.78, 5) is 0. The van der Waals surface area contributed by atoms with Crippen LogP contribution in [-0.4, -0.2) is 23.1 Å². The van der Waals surface area contributed by atoms with Crippen molar-refractivity contribution in [3.63, 3.8) is 0 Å². The number of halogens is 7. The number of rotatable bonds is 4. The SMILES string of the molecule is CC(O)(CC(F)(F)C(F)(F)C(F)(F)F)c1ccc(C#N)cc1. The fourth-order valence-electron chi connectivity index (χ4n) is 1.76. The van der Waals surface area contributed by atoms with Gasteiger partial charge in [-0.2, -0.15) is 36.0 Å². The molecule has 122 valence electrons. The van der Waals surface area contributed by atoms with Gasteiger partial charge >= 0.3 is 18.0 Å². The molecule has 0 heterocycles. The summed E-state index contributed by atoms with van der Waals surface area (Å²) in [5.41, 5.74) is -2.86. The second-order valence-electron chi connectivity index (χ2n) is 4.92. The van der Waals surface area contributed by atoms with Crippen LogP contribution in [0.2, 0.25) is 0 Å². The maximum Gasteiger partial charge on any atom is 0.459 e. The molecule has 1 N–H and O–H groups in total. The van der Waals surface area contributed by atoms with Gasteiger partial charge in [0.15, 0.2) is 0 Å². The number of hydrogen-bond donors (Lipinski definition) is 1. The van der Waals surface area contributed by atoms with E-state index < -0.39 is 30.0 Å². The second-order valence-corrected chi connectivity index (χ2v) is 4.92. The molecule has 9 heteroatoms. The van der Waals surface area contributed by atoms with Crippen LogP contribution < -0.4 is 0 Å². The molecule has 0 spiro atoms. The molecule has 0 aromatic heterocycles. The van der Waals surface area contributed by atoms with Gasteiger partial charge in [-0.1, -0.05) is 12.1 Å². The van der Waals surface area contributed by atoms with E-state index in [4.69, 9.17) is 5.26 Å². The molecule has 0 aliphatic heterocycles. The summed E-state index contributed by atoms with van der Waals surface area (Å²) in [7, 11) is 0. The fraction of sp³-hybridized carbons (Fsp3) is 0.462. The quantitative estimate of drug-likeness (QED) is 0.849. The van der Waals surface area contributed by atoms with Crippen LogP contribution in [0.15, 0.2) is 24.3 Å². The Morgan fingerprint density at radius 1 is 1.00 bits per heavy atom. The first-order chi connectivity index (χ1) is 9.74. The number of aliphatic hydroxyl groups is 1. The predicted molar refractivity (Wildman–Crippen MR) is 61.3 cm³/mol. The van der Waals surface area contributed by atoms with Gasteiger partial charge in [-0.25, -0.2) is 0 Å². The highest BCUT2D eigenvalue weighted by atomic mass is 19.4. The van der Waals surface area contributed by atoms with Gasteiger partial charge in [0.2, 0.25) is 0 Å². The number of nitrogens with zero attached hydrogens (tertiary/aromatic N) is 1. The highest BCUT2D eigenvalue weighted by molar-refractivity contribution is 5.34. The minimum absolute atomic E-state index is 0.104. The predicted octanol–water partition coefficient (Wildman–Crippen LogP) is 3.99. The Balaban J connectivity index is 3.11. The first-order valence-electron chi connectivity index (χ1n) is 5.80. The number of nitriles is 1. The van der Waals surface area contributed by atoms with Crippen molar-refractivity contribution >= 4 is 0 Å². The van der Waals surface area contributed by atoms with E-state index in [1.165, 1.54) is 0 Å². The Morgan fingerprint density at radius 3 is 1.82 bits per heavy atom. The van der Waals surface area contributed by atoms with E-state index in [-0.39, 0.29) is 11.1 Å². The van der Waals surface area contributed by atoms with Crippen molar-refractivity contribution in [2.75, 3.05) is 0 Å². The summed E-state index contributed by atoms with van der Waals surface area (Å²) in [6.07, 6.45) is -8.59. The molecule has 1 rings (SSSR count). The summed E-state index contributed by atoms with van der Waals surface area (Å²) in [6.45, 7) is 0.689. The smallest absolute Gasteiger partial charge is 0.385 e. The van der Waals surface area contributed by atoms with Crippen molar-refractivity contribution in [2.24, 2.45) is 0 Å². The molecule has 1 aromatic carbocycles. The molecule has 0 saturated carbocycles. The molecule has 22 heavy (non-hydrogen) atoms. The molecular weight excluding hydrogens is 319 g/mol. The van der Waals surface area contributed by atoms with Gasteiger partial charge < -0.3 is 5.11 Å². The van der Waals surface area contributed by atoms with E-state index in [0.717, 1.165) is 24.3 Å². The lowest BCUT2D eigenvalue weighted by Crippen LogP contribution is -2.54. The van der Waals surface area contributed by atoms with Crippen LogP contribution in [0.3, 0.4) is 0 Å². The van der Waals surface area contributed by atoms with E-state index in [9.17, 15) is 35.8 Å². The van der Waals surface area contributed by atoms with Crippen LogP contribution in [0.5, 0.6) is 0 Å². The summed E-state index contributed by atoms with van der Waals surface area (Å²) < 4.78 is 88.5. The molecular formula is C13H10F7NO. The lowest BCUT2D eigenvalue weighted by atomic mass is 9.87. The Labute approximate surface area is 120 Å². The van der Waals surface area contributed by atoms with Gasteiger partial charge in [-0.3, -0.25) is 0 Å². The molecule has 0 fully saturated rings. The third-order valence-corrected chi connectivity index (χ3v) is 3.02. The normalized spacial score (nSPS) is 16.0. The minimum atomic E-state index is -6.45. The fourth-order valence-corrected chi connectivity index (χ4v) is 1.76. The lowest BCUT2D eigenvalue weighted by Gasteiger charge is -2.34. The van der Waals surface area contributed by atoms with E-state index in [1.54, 1.807) is 6.07 Å². The van der Waals surface area contributed by atoms with Crippen molar-refractivity contribution in [1.82, 2.24) is 0 Å². The van der Waals surface area contributed by atoms with Gasteiger partial charge in [-0.05, 0) is 24.6 Å². The van der Waals surface area contributed by atoms with Gasteiger partial charge in [0, 0.05) is 0 Å². The zero-order chi connectivity index (χ0) is 17.4. The number of alkyl halides is 7. The first-order valence-corrected chi connectivity index (χ1v) is 5.80. The van der Waals surface area contributed by atoms with Crippen LogP contribution in [0, 0.1) is 11.3 Å². The molecule has 1 unspecified atom stereocenters. The van der Waals surface area contributed by atoms with Gasteiger partial charge in [-0.15, -0.1) is 0 Å². The zero-order valence-electron chi connectivity index (χ0n) is 11.1. The van der Waals surface area contributed by atoms with E-state index >= 15 is 0 Å². The Kier molecular flexibility index (Phi) is 4.50. The van der Waals surface area contributed by atoms with Crippen LogP contribution in [0.4, 0.5) is 30.7 Å². The second kappa shape index (κ2) is 5.43. The third kappa shape index (κ3) is 3.32. The zero-order valence-corrected chi connectivity index (χ0v) is 11.1. The highest BCUT2D eigenvalue weighted by Gasteiger charge is 2.73. The van der Waals surface area contributed by atoms with Crippen LogP contribution in [0.25, 0.3) is 0 Å².